The summed E-state index contributed by atoms with van der Waals surface area (Å²) in [5.74, 6) is -0.565. The van der Waals surface area contributed by atoms with Gasteiger partial charge in [0.1, 0.15) is 18.3 Å². The number of hydrogen-bond donors (Lipinski definition) is 2. The second kappa shape index (κ2) is 8.90. The molecule has 0 saturated carbocycles. The van der Waals surface area contributed by atoms with E-state index in [1.165, 1.54) is 0 Å². The number of urea groups is 1. The zero-order valence-electron chi connectivity index (χ0n) is 15.5. The highest BCUT2D eigenvalue weighted by molar-refractivity contribution is 5.85. The lowest BCUT2D eigenvalue weighted by Crippen LogP contribution is -2.51. The topological polar surface area (TPSA) is 85.9 Å². The Morgan fingerprint density at radius 2 is 2.19 bits per heavy atom. The summed E-state index contributed by atoms with van der Waals surface area (Å²) in [5, 5.41) is 5.40. The monoisotopic (exact) mass is 374 g/mol. The maximum absolute atomic E-state index is 12.8. The van der Waals surface area contributed by atoms with E-state index in [0.717, 1.165) is 24.8 Å². The minimum absolute atomic E-state index is 0.0630. The van der Waals surface area contributed by atoms with E-state index in [4.69, 9.17) is 14.2 Å². The Kier molecular flexibility index (Phi) is 6.34. The Morgan fingerprint density at radius 3 is 2.93 bits per heavy atom. The molecule has 2 aliphatic heterocycles. The number of para-hydroxylation sites is 1. The normalized spacial score (nSPS) is 24.9. The second-order valence-electron chi connectivity index (χ2n) is 6.73. The maximum Gasteiger partial charge on any atom is 0.319 e. The van der Waals surface area contributed by atoms with Gasteiger partial charge in [-0.25, -0.2) is 4.79 Å². The van der Waals surface area contributed by atoms with Crippen molar-refractivity contribution in [2.45, 2.75) is 38.3 Å². The highest BCUT2D eigenvalue weighted by Crippen LogP contribution is 2.35. The fourth-order valence-electron chi connectivity index (χ4n) is 3.34. The van der Waals surface area contributed by atoms with E-state index in [-0.39, 0.29) is 12.7 Å². The van der Waals surface area contributed by atoms with Gasteiger partial charge in [0.05, 0.1) is 18.8 Å². The number of amides is 2. The molecule has 0 unspecified atom stereocenters. The minimum atomic E-state index is -0.754. The first-order valence-electron chi connectivity index (χ1n) is 9.36. The van der Waals surface area contributed by atoms with Crippen molar-refractivity contribution in [3.05, 3.63) is 42.1 Å². The molecule has 0 radical (unpaired) electrons. The third kappa shape index (κ3) is 4.60. The molecule has 2 amide bonds. The second-order valence-corrected chi connectivity index (χ2v) is 6.73. The molecule has 0 aromatic heterocycles. The first-order valence-corrected chi connectivity index (χ1v) is 9.36. The number of esters is 1. The van der Waals surface area contributed by atoms with Gasteiger partial charge in [0.15, 0.2) is 0 Å². The fraction of sp³-hybridized carbons (Fsp3) is 0.500. The Labute approximate surface area is 159 Å². The van der Waals surface area contributed by atoms with E-state index in [0.29, 0.717) is 24.7 Å². The first-order chi connectivity index (χ1) is 13.1. The zero-order valence-corrected chi connectivity index (χ0v) is 15.5. The molecule has 3 rings (SSSR count). The van der Waals surface area contributed by atoms with Crippen LogP contribution in [0.2, 0.25) is 0 Å². The largest absolute Gasteiger partial charge is 0.493 e. The van der Waals surface area contributed by atoms with Gasteiger partial charge < -0.3 is 24.8 Å². The van der Waals surface area contributed by atoms with E-state index < -0.39 is 24.0 Å². The van der Waals surface area contributed by atoms with Crippen LogP contribution in [0, 0.1) is 5.92 Å². The predicted molar refractivity (Wildman–Crippen MR) is 99.2 cm³/mol. The van der Waals surface area contributed by atoms with Crippen molar-refractivity contribution in [3.63, 3.8) is 0 Å². The summed E-state index contributed by atoms with van der Waals surface area (Å²) < 4.78 is 16.8. The SMILES string of the molecule is C=C1NC(=O)N[C@H](c2ccccc2OCCC)[C@H]1C(=O)OC[C@H]1CCCO1. The molecule has 3 atom stereocenters. The summed E-state index contributed by atoms with van der Waals surface area (Å²) in [7, 11) is 0. The molecule has 1 aromatic rings. The Bertz CT molecular complexity index is 699. The Hall–Kier alpha value is -2.54. The molecule has 2 aliphatic rings. The van der Waals surface area contributed by atoms with Crippen molar-refractivity contribution < 1.29 is 23.8 Å². The van der Waals surface area contributed by atoms with Gasteiger partial charge in [-0.05, 0) is 25.3 Å². The van der Waals surface area contributed by atoms with Crippen LogP contribution in [0.25, 0.3) is 0 Å². The lowest BCUT2D eigenvalue weighted by atomic mass is 9.88. The molecular weight excluding hydrogens is 348 g/mol. The molecule has 0 bridgehead atoms. The summed E-state index contributed by atoms with van der Waals surface area (Å²) in [6.45, 7) is 7.33. The van der Waals surface area contributed by atoms with Gasteiger partial charge in [0.25, 0.3) is 0 Å². The molecule has 7 nitrogen and oxygen atoms in total. The average Bonchev–Trinajstić information content (AvgIpc) is 3.17. The van der Waals surface area contributed by atoms with Crippen LogP contribution in [-0.2, 0) is 14.3 Å². The molecule has 27 heavy (non-hydrogen) atoms. The van der Waals surface area contributed by atoms with Crippen LogP contribution in [0.15, 0.2) is 36.5 Å². The number of rotatable bonds is 7. The van der Waals surface area contributed by atoms with Crippen molar-refractivity contribution >= 4 is 12.0 Å². The number of carbonyl (C=O) groups is 2. The van der Waals surface area contributed by atoms with E-state index in [1.54, 1.807) is 0 Å². The summed E-state index contributed by atoms with van der Waals surface area (Å²) in [4.78, 5) is 24.8. The Morgan fingerprint density at radius 1 is 1.37 bits per heavy atom. The molecule has 146 valence electrons. The van der Waals surface area contributed by atoms with Crippen LogP contribution >= 0.6 is 0 Å². The van der Waals surface area contributed by atoms with Crippen molar-refractivity contribution in [3.8, 4) is 5.75 Å². The third-order valence-corrected chi connectivity index (χ3v) is 4.67. The van der Waals surface area contributed by atoms with Crippen molar-refractivity contribution in [1.29, 1.82) is 0 Å². The van der Waals surface area contributed by atoms with Crippen LogP contribution < -0.4 is 15.4 Å². The van der Waals surface area contributed by atoms with Gasteiger partial charge in [0.2, 0.25) is 0 Å². The van der Waals surface area contributed by atoms with E-state index in [1.807, 2.05) is 31.2 Å². The minimum Gasteiger partial charge on any atom is -0.493 e. The van der Waals surface area contributed by atoms with Gasteiger partial charge in [-0.3, -0.25) is 4.79 Å². The quantitative estimate of drug-likeness (QED) is 0.717. The number of benzene rings is 1. The summed E-state index contributed by atoms with van der Waals surface area (Å²) in [6, 6.07) is 6.36. The number of nitrogens with one attached hydrogen (secondary N) is 2. The predicted octanol–water partition coefficient (Wildman–Crippen LogP) is 2.68. The summed E-state index contributed by atoms with van der Waals surface area (Å²) in [5.41, 5.74) is 1.03. The molecule has 7 heteroatoms. The molecule has 0 aliphatic carbocycles. The van der Waals surface area contributed by atoms with E-state index in [2.05, 4.69) is 17.2 Å². The standard InChI is InChI=1S/C20H26N2O5/c1-3-10-26-16-9-5-4-8-15(16)18-17(13(2)21-20(24)22-18)19(23)27-12-14-7-6-11-25-14/h4-5,8-9,14,17-18H,2-3,6-7,10-12H2,1H3,(H2,21,22,24)/t14-,17+,18-/m1/s1. The smallest absolute Gasteiger partial charge is 0.319 e. The van der Waals surface area contributed by atoms with Gasteiger partial charge >= 0.3 is 12.0 Å². The van der Waals surface area contributed by atoms with E-state index in [9.17, 15) is 9.59 Å². The van der Waals surface area contributed by atoms with Crippen LogP contribution in [0.1, 0.15) is 37.8 Å². The van der Waals surface area contributed by atoms with Gasteiger partial charge in [-0.2, -0.15) is 0 Å². The summed E-state index contributed by atoms with van der Waals surface area (Å²) in [6.07, 6.45) is 2.64. The zero-order chi connectivity index (χ0) is 19.2. The molecule has 2 saturated heterocycles. The molecule has 0 spiro atoms. The molecular formula is C20H26N2O5. The molecule has 2 heterocycles. The fourth-order valence-corrected chi connectivity index (χ4v) is 3.34. The van der Waals surface area contributed by atoms with Gasteiger partial charge in [0, 0.05) is 17.9 Å². The van der Waals surface area contributed by atoms with Crippen molar-refractivity contribution in [2.75, 3.05) is 19.8 Å². The highest BCUT2D eigenvalue weighted by atomic mass is 16.6. The van der Waals surface area contributed by atoms with E-state index >= 15 is 0 Å². The molecule has 2 fully saturated rings. The van der Waals surface area contributed by atoms with Crippen LogP contribution in [0.4, 0.5) is 4.79 Å². The number of ether oxygens (including phenoxy) is 3. The average molecular weight is 374 g/mol. The molecule has 2 N–H and O–H groups in total. The van der Waals surface area contributed by atoms with Crippen LogP contribution in [-0.4, -0.2) is 37.9 Å². The highest BCUT2D eigenvalue weighted by Gasteiger charge is 2.40. The van der Waals surface area contributed by atoms with Gasteiger partial charge in [-0.15, -0.1) is 0 Å². The van der Waals surface area contributed by atoms with Crippen molar-refractivity contribution in [1.82, 2.24) is 10.6 Å². The Balaban J connectivity index is 1.80. The lowest BCUT2D eigenvalue weighted by Gasteiger charge is -2.34. The van der Waals surface area contributed by atoms with Crippen LogP contribution in [0.5, 0.6) is 5.75 Å². The van der Waals surface area contributed by atoms with Gasteiger partial charge in [-0.1, -0.05) is 31.7 Å². The number of carbonyl (C=O) groups excluding carboxylic acids is 2. The molecule has 1 aromatic carbocycles. The van der Waals surface area contributed by atoms with Crippen LogP contribution in [0.3, 0.4) is 0 Å². The lowest BCUT2D eigenvalue weighted by molar-refractivity contribution is -0.151. The number of hydrogen-bond acceptors (Lipinski definition) is 5. The maximum atomic E-state index is 12.8. The first kappa shape index (κ1) is 19.2. The summed E-state index contributed by atoms with van der Waals surface area (Å²) >= 11 is 0. The van der Waals surface area contributed by atoms with Crippen molar-refractivity contribution in [2.24, 2.45) is 5.92 Å². The third-order valence-electron chi connectivity index (χ3n) is 4.67.